The second kappa shape index (κ2) is 7.92. The molecule has 16 heavy (non-hydrogen) atoms. The van der Waals surface area contributed by atoms with Gasteiger partial charge in [-0.15, -0.1) is 11.8 Å². The van der Waals surface area contributed by atoms with Crippen molar-refractivity contribution in [1.82, 2.24) is 5.32 Å². The smallest absolute Gasteiger partial charge is 0.0230 e. The van der Waals surface area contributed by atoms with Crippen LogP contribution < -0.4 is 11.1 Å². The van der Waals surface area contributed by atoms with Gasteiger partial charge in [-0.1, -0.05) is 30.3 Å². The first-order valence-corrected chi connectivity index (χ1v) is 5.73. The zero-order valence-corrected chi connectivity index (χ0v) is 9.87. The van der Waals surface area contributed by atoms with Crippen LogP contribution >= 0.6 is 0 Å². The van der Waals surface area contributed by atoms with Gasteiger partial charge in [-0.05, 0) is 18.9 Å². The molecule has 2 nitrogen and oxygen atoms in total. The van der Waals surface area contributed by atoms with Crippen LogP contribution in [-0.2, 0) is 6.42 Å². The highest BCUT2D eigenvalue weighted by molar-refractivity contribution is 5.16. The Labute approximate surface area is 98.2 Å². The van der Waals surface area contributed by atoms with E-state index in [-0.39, 0.29) is 0 Å². The van der Waals surface area contributed by atoms with E-state index in [1.807, 2.05) is 13.0 Å². The zero-order valence-electron chi connectivity index (χ0n) is 9.87. The maximum absolute atomic E-state index is 5.74. The third-order valence-corrected chi connectivity index (χ3v) is 2.47. The molecule has 0 heterocycles. The number of hydrogen-bond acceptors (Lipinski definition) is 2. The molecule has 0 aliphatic rings. The molecule has 3 N–H and O–H groups in total. The fourth-order valence-electron chi connectivity index (χ4n) is 1.60. The van der Waals surface area contributed by atoms with Crippen LogP contribution in [0.3, 0.4) is 0 Å². The normalized spacial score (nSPS) is 11.6. The third-order valence-electron chi connectivity index (χ3n) is 2.47. The Bertz CT molecular complexity index is 335. The van der Waals surface area contributed by atoms with Gasteiger partial charge in [-0.2, -0.15) is 0 Å². The van der Waals surface area contributed by atoms with Gasteiger partial charge < -0.3 is 11.1 Å². The van der Waals surface area contributed by atoms with Crippen molar-refractivity contribution in [2.24, 2.45) is 5.73 Å². The molecule has 0 bridgehead atoms. The van der Waals surface area contributed by atoms with Crippen LogP contribution in [0.1, 0.15) is 18.9 Å². The van der Waals surface area contributed by atoms with Crippen molar-refractivity contribution < 1.29 is 0 Å². The summed E-state index contributed by atoms with van der Waals surface area (Å²) in [6.45, 7) is 3.44. The summed E-state index contributed by atoms with van der Waals surface area (Å²) < 4.78 is 0. The van der Waals surface area contributed by atoms with Crippen molar-refractivity contribution in [3.63, 3.8) is 0 Å². The Morgan fingerprint density at radius 1 is 1.31 bits per heavy atom. The van der Waals surface area contributed by atoms with Crippen LogP contribution in [0, 0.1) is 11.8 Å². The van der Waals surface area contributed by atoms with Crippen LogP contribution in [0.5, 0.6) is 0 Å². The highest BCUT2D eigenvalue weighted by atomic mass is 14.9. The molecule has 0 aliphatic carbocycles. The lowest BCUT2D eigenvalue weighted by Crippen LogP contribution is -2.38. The number of nitrogens with two attached hydrogens (primary N) is 1. The van der Waals surface area contributed by atoms with Crippen LogP contribution in [0.4, 0.5) is 0 Å². The molecule has 1 rings (SSSR count). The van der Waals surface area contributed by atoms with Crippen LogP contribution in [0.15, 0.2) is 30.3 Å². The molecule has 1 atom stereocenters. The minimum absolute atomic E-state index is 0.348. The standard InChI is InChI=1S/C14H20N2/c1-2-3-7-10-16-14(12-15)11-13-8-5-4-6-9-13/h4-6,8-9,14,16H,7,10-12,15H2,1H3. The molecule has 0 fully saturated rings. The molecule has 0 radical (unpaired) electrons. The van der Waals surface area contributed by atoms with Crippen molar-refractivity contribution in [1.29, 1.82) is 0 Å². The lowest BCUT2D eigenvalue weighted by atomic mass is 10.1. The van der Waals surface area contributed by atoms with E-state index in [9.17, 15) is 0 Å². The van der Waals surface area contributed by atoms with E-state index in [1.54, 1.807) is 0 Å². The Hall–Kier alpha value is -1.30. The summed E-state index contributed by atoms with van der Waals surface area (Å²) in [6, 6.07) is 10.8. The lowest BCUT2D eigenvalue weighted by Gasteiger charge is -2.16. The average molecular weight is 216 g/mol. The van der Waals surface area contributed by atoms with Gasteiger partial charge in [0.25, 0.3) is 0 Å². The highest BCUT2D eigenvalue weighted by Gasteiger charge is 2.05. The molecule has 0 saturated heterocycles. The maximum Gasteiger partial charge on any atom is 0.0230 e. The van der Waals surface area contributed by atoms with E-state index < -0.39 is 0 Å². The zero-order chi connectivity index (χ0) is 11.6. The molecule has 0 spiro atoms. The molecule has 1 aromatic carbocycles. The quantitative estimate of drug-likeness (QED) is 0.559. The Kier molecular flexibility index (Phi) is 6.32. The largest absolute Gasteiger partial charge is 0.329 e. The molecule has 0 aromatic heterocycles. The summed E-state index contributed by atoms with van der Waals surface area (Å²) >= 11 is 0. The van der Waals surface area contributed by atoms with Gasteiger partial charge in [-0.25, -0.2) is 0 Å². The first-order chi connectivity index (χ1) is 7.86. The van der Waals surface area contributed by atoms with Crippen molar-refractivity contribution >= 4 is 0 Å². The van der Waals surface area contributed by atoms with Crippen LogP contribution in [0.2, 0.25) is 0 Å². The van der Waals surface area contributed by atoms with Gasteiger partial charge in [0.15, 0.2) is 0 Å². The number of rotatable bonds is 6. The Morgan fingerprint density at radius 3 is 2.69 bits per heavy atom. The number of benzene rings is 1. The predicted molar refractivity (Wildman–Crippen MR) is 69.1 cm³/mol. The minimum Gasteiger partial charge on any atom is -0.329 e. The van der Waals surface area contributed by atoms with Crippen molar-refractivity contribution in [2.45, 2.75) is 25.8 Å². The van der Waals surface area contributed by atoms with E-state index in [2.05, 4.69) is 41.4 Å². The van der Waals surface area contributed by atoms with E-state index in [4.69, 9.17) is 5.73 Å². The summed E-state index contributed by atoms with van der Waals surface area (Å²) in [4.78, 5) is 0. The highest BCUT2D eigenvalue weighted by Crippen LogP contribution is 2.02. The Morgan fingerprint density at radius 2 is 2.06 bits per heavy atom. The first-order valence-electron chi connectivity index (χ1n) is 5.73. The van der Waals surface area contributed by atoms with Gasteiger partial charge in [0.05, 0.1) is 0 Å². The lowest BCUT2D eigenvalue weighted by molar-refractivity contribution is 0.524. The van der Waals surface area contributed by atoms with E-state index in [0.717, 1.165) is 19.4 Å². The summed E-state index contributed by atoms with van der Waals surface area (Å²) in [5.41, 5.74) is 7.06. The van der Waals surface area contributed by atoms with Crippen molar-refractivity contribution in [3.05, 3.63) is 35.9 Å². The molecule has 0 aliphatic heterocycles. The summed E-state index contributed by atoms with van der Waals surface area (Å²) in [7, 11) is 0. The van der Waals surface area contributed by atoms with Gasteiger partial charge in [0.2, 0.25) is 0 Å². The summed E-state index contributed by atoms with van der Waals surface area (Å²) in [5, 5.41) is 3.43. The maximum atomic E-state index is 5.74. The molecular formula is C14H20N2. The summed E-state index contributed by atoms with van der Waals surface area (Å²) in [5.74, 6) is 5.93. The predicted octanol–water partition coefficient (Wildman–Crippen LogP) is 1.56. The van der Waals surface area contributed by atoms with Gasteiger partial charge in [0.1, 0.15) is 0 Å². The molecule has 1 aromatic rings. The average Bonchev–Trinajstić information content (AvgIpc) is 2.34. The molecule has 2 heteroatoms. The van der Waals surface area contributed by atoms with Crippen molar-refractivity contribution in [2.75, 3.05) is 13.1 Å². The molecule has 0 saturated carbocycles. The van der Waals surface area contributed by atoms with E-state index >= 15 is 0 Å². The fourth-order valence-corrected chi connectivity index (χ4v) is 1.60. The van der Waals surface area contributed by atoms with E-state index in [0.29, 0.717) is 12.6 Å². The second-order valence-electron chi connectivity index (χ2n) is 3.75. The minimum atomic E-state index is 0.348. The SMILES string of the molecule is CC#CCCNC(CN)Cc1ccccc1. The van der Waals surface area contributed by atoms with Gasteiger partial charge >= 0.3 is 0 Å². The monoisotopic (exact) mass is 216 g/mol. The molecular weight excluding hydrogens is 196 g/mol. The second-order valence-corrected chi connectivity index (χ2v) is 3.75. The number of hydrogen-bond donors (Lipinski definition) is 2. The molecule has 0 amide bonds. The first kappa shape index (κ1) is 12.8. The Balaban J connectivity index is 2.33. The van der Waals surface area contributed by atoms with Crippen LogP contribution in [-0.4, -0.2) is 19.1 Å². The van der Waals surface area contributed by atoms with Crippen LogP contribution in [0.25, 0.3) is 0 Å². The summed E-state index contributed by atoms with van der Waals surface area (Å²) in [6.07, 6.45) is 1.87. The number of nitrogens with one attached hydrogen (secondary N) is 1. The van der Waals surface area contributed by atoms with Gasteiger partial charge in [-0.3, -0.25) is 0 Å². The topological polar surface area (TPSA) is 38.0 Å². The van der Waals surface area contributed by atoms with Crippen molar-refractivity contribution in [3.8, 4) is 11.8 Å². The molecule has 1 unspecified atom stereocenters. The van der Waals surface area contributed by atoms with E-state index in [1.165, 1.54) is 5.56 Å². The van der Waals surface area contributed by atoms with Gasteiger partial charge in [0, 0.05) is 25.6 Å². The fraction of sp³-hybridized carbons (Fsp3) is 0.429. The third kappa shape index (κ3) is 4.97. The molecule has 86 valence electrons.